The number of carbonyl (C=O) groups is 1. The van der Waals surface area contributed by atoms with Gasteiger partial charge in [0.2, 0.25) is 5.95 Å². The van der Waals surface area contributed by atoms with Crippen molar-refractivity contribution in [2.45, 2.75) is 6.10 Å². The molecule has 4 rings (SSSR count). The highest BCUT2D eigenvalue weighted by Crippen LogP contribution is 2.29. The first-order valence-corrected chi connectivity index (χ1v) is 9.11. The van der Waals surface area contributed by atoms with Gasteiger partial charge in [-0.3, -0.25) is 0 Å². The normalized spacial score (nSPS) is 17.3. The number of fused-ring (bicyclic) bond motifs is 1. The van der Waals surface area contributed by atoms with E-state index in [-0.39, 0.29) is 12.1 Å². The predicted molar refractivity (Wildman–Crippen MR) is 104 cm³/mol. The third kappa shape index (κ3) is 3.38. The van der Waals surface area contributed by atoms with Gasteiger partial charge < -0.3 is 18.9 Å². The Bertz CT molecular complexity index is 984. The van der Waals surface area contributed by atoms with E-state index in [0.717, 1.165) is 29.1 Å². The van der Waals surface area contributed by atoms with Crippen LogP contribution in [0.3, 0.4) is 0 Å². The van der Waals surface area contributed by atoms with Crippen LogP contribution in [0.4, 0.5) is 5.95 Å². The van der Waals surface area contributed by atoms with Crippen LogP contribution in [0.25, 0.3) is 11.0 Å². The highest BCUT2D eigenvalue weighted by Gasteiger charge is 2.25. The van der Waals surface area contributed by atoms with E-state index in [2.05, 4.69) is 4.90 Å². The number of methoxy groups -OCH3 is 1. The lowest BCUT2D eigenvalue weighted by Crippen LogP contribution is -2.39. The van der Waals surface area contributed by atoms with E-state index in [0.29, 0.717) is 23.7 Å². The number of benzene rings is 2. The van der Waals surface area contributed by atoms with Crippen LogP contribution < -0.4 is 4.90 Å². The molecule has 1 fully saturated rings. The summed E-state index contributed by atoms with van der Waals surface area (Å²) in [6, 6.07) is 13.2. The van der Waals surface area contributed by atoms with Gasteiger partial charge in [0.1, 0.15) is 6.10 Å². The Labute approximate surface area is 162 Å². The molecule has 3 aromatic rings. The van der Waals surface area contributed by atoms with Gasteiger partial charge in [0.05, 0.1) is 36.9 Å². The second-order valence-electron chi connectivity index (χ2n) is 6.52. The third-order valence-corrected chi connectivity index (χ3v) is 5.12. The molecule has 1 aliphatic heterocycles. The van der Waals surface area contributed by atoms with Gasteiger partial charge in [-0.25, -0.2) is 9.78 Å². The number of esters is 1. The Morgan fingerprint density at radius 2 is 2.04 bits per heavy atom. The van der Waals surface area contributed by atoms with Crippen molar-refractivity contribution in [1.82, 2.24) is 9.55 Å². The van der Waals surface area contributed by atoms with Gasteiger partial charge in [-0.2, -0.15) is 0 Å². The molecule has 1 aromatic heterocycles. The van der Waals surface area contributed by atoms with E-state index in [1.807, 2.05) is 41.9 Å². The number of nitrogens with zero attached hydrogens (tertiary/aromatic N) is 3. The maximum atomic E-state index is 11.8. The van der Waals surface area contributed by atoms with E-state index in [4.69, 9.17) is 26.1 Å². The van der Waals surface area contributed by atoms with E-state index in [9.17, 15) is 4.79 Å². The number of carbonyl (C=O) groups excluding carboxylic acids is 1. The van der Waals surface area contributed by atoms with E-state index in [1.165, 1.54) is 7.11 Å². The minimum atomic E-state index is -0.363. The summed E-state index contributed by atoms with van der Waals surface area (Å²) >= 11 is 5.99. The van der Waals surface area contributed by atoms with Gasteiger partial charge in [0.25, 0.3) is 0 Å². The molecule has 140 valence electrons. The molecule has 7 heteroatoms. The summed E-state index contributed by atoms with van der Waals surface area (Å²) in [5.74, 6) is 0.493. The van der Waals surface area contributed by atoms with E-state index >= 15 is 0 Å². The summed E-state index contributed by atoms with van der Waals surface area (Å²) in [4.78, 5) is 18.8. The first kappa shape index (κ1) is 17.8. The number of hydrogen-bond donors (Lipinski definition) is 0. The molecule has 2 heterocycles. The zero-order valence-electron chi connectivity index (χ0n) is 15.2. The molecule has 6 nitrogen and oxygen atoms in total. The van der Waals surface area contributed by atoms with Gasteiger partial charge in [-0.1, -0.05) is 23.7 Å². The SMILES string of the molecule is COC(=O)c1ccc2c(c1)nc(N1CCOC(c3ccc(Cl)cc3)C1)n2C. The lowest BCUT2D eigenvalue weighted by Gasteiger charge is -2.33. The summed E-state index contributed by atoms with van der Waals surface area (Å²) in [5, 5.41) is 0.711. The first-order valence-electron chi connectivity index (χ1n) is 8.73. The van der Waals surface area contributed by atoms with E-state index < -0.39 is 0 Å². The van der Waals surface area contributed by atoms with Crippen LogP contribution in [0, 0.1) is 0 Å². The molecular formula is C20H20ClN3O3. The summed E-state index contributed by atoms with van der Waals surface area (Å²) in [7, 11) is 3.36. The number of aromatic nitrogens is 2. The minimum absolute atomic E-state index is 0.0403. The fourth-order valence-electron chi connectivity index (χ4n) is 3.42. The van der Waals surface area contributed by atoms with Crippen molar-refractivity contribution in [3.05, 3.63) is 58.6 Å². The Morgan fingerprint density at radius 1 is 1.26 bits per heavy atom. The highest BCUT2D eigenvalue weighted by atomic mass is 35.5. The highest BCUT2D eigenvalue weighted by molar-refractivity contribution is 6.30. The van der Waals surface area contributed by atoms with Crippen LogP contribution in [0.1, 0.15) is 22.0 Å². The second kappa shape index (κ2) is 7.21. The average Bonchev–Trinajstić information content (AvgIpc) is 3.04. The zero-order chi connectivity index (χ0) is 19.0. The number of ether oxygens (including phenoxy) is 2. The quantitative estimate of drug-likeness (QED) is 0.645. The van der Waals surface area contributed by atoms with Crippen molar-refractivity contribution >= 4 is 34.6 Å². The maximum Gasteiger partial charge on any atom is 0.337 e. The molecule has 0 saturated carbocycles. The van der Waals surface area contributed by atoms with Crippen molar-refractivity contribution in [2.75, 3.05) is 31.7 Å². The Balaban J connectivity index is 1.63. The van der Waals surface area contributed by atoms with Crippen LogP contribution in [0.5, 0.6) is 0 Å². The van der Waals surface area contributed by atoms with Crippen molar-refractivity contribution in [3.8, 4) is 0 Å². The molecule has 1 atom stereocenters. The Hall–Kier alpha value is -2.57. The lowest BCUT2D eigenvalue weighted by molar-refractivity contribution is 0.0391. The van der Waals surface area contributed by atoms with Crippen LogP contribution in [-0.4, -0.2) is 42.3 Å². The monoisotopic (exact) mass is 385 g/mol. The number of morpholine rings is 1. The number of anilines is 1. The molecule has 1 unspecified atom stereocenters. The zero-order valence-corrected chi connectivity index (χ0v) is 15.9. The second-order valence-corrected chi connectivity index (χ2v) is 6.96. The van der Waals surface area contributed by atoms with Crippen LogP contribution in [0.15, 0.2) is 42.5 Å². The van der Waals surface area contributed by atoms with Crippen LogP contribution in [0.2, 0.25) is 5.02 Å². The molecule has 0 radical (unpaired) electrons. The Kier molecular flexibility index (Phi) is 4.76. The maximum absolute atomic E-state index is 11.8. The van der Waals surface area contributed by atoms with Gasteiger partial charge in [0.15, 0.2) is 0 Å². The molecule has 0 amide bonds. The molecule has 0 aliphatic carbocycles. The van der Waals surface area contributed by atoms with Crippen molar-refractivity contribution < 1.29 is 14.3 Å². The molecule has 27 heavy (non-hydrogen) atoms. The minimum Gasteiger partial charge on any atom is -0.465 e. The summed E-state index contributed by atoms with van der Waals surface area (Å²) in [6.07, 6.45) is -0.0403. The summed E-state index contributed by atoms with van der Waals surface area (Å²) in [6.45, 7) is 2.07. The van der Waals surface area contributed by atoms with Crippen molar-refractivity contribution in [1.29, 1.82) is 0 Å². The fraction of sp³-hybridized carbons (Fsp3) is 0.300. The number of hydrogen-bond acceptors (Lipinski definition) is 5. The largest absolute Gasteiger partial charge is 0.465 e. The van der Waals surface area contributed by atoms with Crippen LogP contribution in [-0.2, 0) is 16.5 Å². The van der Waals surface area contributed by atoms with Gasteiger partial charge in [-0.05, 0) is 35.9 Å². The summed E-state index contributed by atoms with van der Waals surface area (Å²) in [5.41, 5.74) is 3.32. The van der Waals surface area contributed by atoms with Gasteiger partial charge in [0, 0.05) is 18.6 Å². The molecule has 0 bridgehead atoms. The van der Waals surface area contributed by atoms with Crippen molar-refractivity contribution in [2.24, 2.45) is 7.05 Å². The van der Waals surface area contributed by atoms with Crippen LogP contribution >= 0.6 is 11.6 Å². The number of imidazole rings is 1. The lowest BCUT2D eigenvalue weighted by atomic mass is 10.1. The van der Waals surface area contributed by atoms with Crippen molar-refractivity contribution in [3.63, 3.8) is 0 Å². The molecule has 1 aliphatic rings. The molecule has 0 N–H and O–H groups in total. The smallest absolute Gasteiger partial charge is 0.337 e. The number of aryl methyl sites for hydroxylation is 1. The molecule has 0 spiro atoms. The van der Waals surface area contributed by atoms with E-state index in [1.54, 1.807) is 12.1 Å². The average molecular weight is 386 g/mol. The summed E-state index contributed by atoms with van der Waals surface area (Å²) < 4.78 is 12.8. The van der Waals surface area contributed by atoms with Gasteiger partial charge >= 0.3 is 5.97 Å². The fourth-order valence-corrected chi connectivity index (χ4v) is 3.55. The first-order chi connectivity index (χ1) is 13.1. The molecule has 2 aromatic carbocycles. The van der Waals surface area contributed by atoms with Gasteiger partial charge in [-0.15, -0.1) is 0 Å². The third-order valence-electron chi connectivity index (χ3n) is 4.87. The topological polar surface area (TPSA) is 56.6 Å². The standard InChI is InChI=1S/C20H20ClN3O3/c1-23-17-8-5-14(19(25)26-2)11-16(17)22-20(23)24-9-10-27-18(12-24)13-3-6-15(21)7-4-13/h3-8,11,18H,9-10,12H2,1-2H3. The predicted octanol–water partition coefficient (Wildman–Crippen LogP) is 3.59. The number of halogens is 1. The Morgan fingerprint density at radius 3 is 2.78 bits per heavy atom. The number of rotatable bonds is 3. The molecular weight excluding hydrogens is 366 g/mol. The molecule has 1 saturated heterocycles.